The summed E-state index contributed by atoms with van der Waals surface area (Å²) >= 11 is 0. The van der Waals surface area contributed by atoms with Crippen LogP contribution in [0.5, 0.6) is 0 Å². The Hall–Kier alpha value is -3.38. The number of rotatable bonds is 4. The minimum Gasteiger partial charge on any atom is -0.368 e. The second-order valence-corrected chi connectivity index (χ2v) is 9.02. The highest BCUT2D eigenvalue weighted by molar-refractivity contribution is 5.59. The zero-order valence-corrected chi connectivity index (χ0v) is 18.5. The van der Waals surface area contributed by atoms with Crippen LogP contribution >= 0.6 is 0 Å². The maximum Gasteiger partial charge on any atom is 0.108 e. The molecule has 4 aliphatic heterocycles. The average molecular weight is 447 g/mol. The van der Waals surface area contributed by atoms with Gasteiger partial charge in [0.15, 0.2) is 0 Å². The fourth-order valence-corrected chi connectivity index (χ4v) is 4.30. The van der Waals surface area contributed by atoms with Gasteiger partial charge in [0.2, 0.25) is 0 Å². The van der Waals surface area contributed by atoms with Gasteiger partial charge < -0.3 is 18.9 Å². The van der Waals surface area contributed by atoms with Crippen LogP contribution in [0.4, 0.5) is 0 Å². The largest absolute Gasteiger partial charge is 0.368 e. The van der Waals surface area contributed by atoms with Crippen LogP contribution in [-0.4, -0.2) is 26.4 Å². The minimum absolute atomic E-state index is 0.0671. The van der Waals surface area contributed by atoms with Gasteiger partial charge in [0.25, 0.3) is 0 Å². The number of hydrogen-bond acceptors (Lipinski definition) is 4. The summed E-state index contributed by atoms with van der Waals surface area (Å²) in [4.78, 5) is 0. The van der Waals surface area contributed by atoms with E-state index in [0.29, 0.717) is 13.2 Å². The smallest absolute Gasteiger partial charge is 0.108 e. The second-order valence-electron chi connectivity index (χ2n) is 9.02. The van der Waals surface area contributed by atoms with Crippen molar-refractivity contribution in [2.45, 2.75) is 24.4 Å². The van der Waals surface area contributed by atoms with Gasteiger partial charge in [0.1, 0.15) is 24.4 Å². The molecule has 0 bridgehead atoms. The average Bonchev–Trinajstić information content (AvgIpc) is 3.73. The number of epoxide rings is 4. The summed E-state index contributed by atoms with van der Waals surface area (Å²) in [5.74, 6) is 13.4. The molecule has 166 valence electrons. The van der Waals surface area contributed by atoms with E-state index < -0.39 is 0 Å². The highest BCUT2D eigenvalue weighted by Gasteiger charge is 2.38. The van der Waals surface area contributed by atoms with Gasteiger partial charge >= 0.3 is 0 Å². The molecule has 4 aliphatic rings. The molecule has 34 heavy (non-hydrogen) atoms. The van der Waals surface area contributed by atoms with Crippen molar-refractivity contribution in [2.24, 2.45) is 0 Å². The van der Waals surface area contributed by atoms with Crippen LogP contribution in [0.25, 0.3) is 0 Å². The van der Waals surface area contributed by atoms with Gasteiger partial charge in [-0.05, 0) is 47.5 Å². The summed E-state index contributed by atoms with van der Waals surface area (Å²) in [5.41, 5.74) is 8.63. The van der Waals surface area contributed by atoms with Gasteiger partial charge in [-0.25, -0.2) is 0 Å². The normalized spacial score (nSPS) is 25.4. The quantitative estimate of drug-likeness (QED) is 0.428. The molecule has 4 heteroatoms. The van der Waals surface area contributed by atoms with Gasteiger partial charge in [-0.3, -0.25) is 0 Å². The van der Waals surface area contributed by atoms with Crippen molar-refractivity contribution in [3.8, 4) is 23.7 Å². The molecule has 4 fully saturated rings. The Bertz CT molecular complexity index is 1260. The van der Waals surface area contributed by atoms with E-state index in [9.17, 15) is 0 Å². The lowest BCUT2D eigenvalue weighted by atomic mass is 9.91. The molecular formula is C30H22O4. The van der Waals surface area contributed by atoms with Crippen molar-refractivity contribution in [2.75, 3.05) is 26.4 Å². The van der Waals surface area contributed by atoms with Gasteiger partial charge in [0, 0.05) is 33.4 Å². The van der Waals surface area contributed by atoms with E-state index in [1.54, 1.807) is 0 Å². The van der Waals surface area contributed by atoms with Crippen LogP contribution in [0.3, 0.4) is 0 Å². The monoisotopic (exact) mass is 446 g/mol. The zero-order valence-electron chi connectivity index (χ0n) is 18.5. The SMILES string of the molecule is C(#Cc1ccc(C#Cc2ccc(C3CO3)cc2)c(C2CO2)c1C1CO1)c1ccc(C2CO2)cc1. The first kappa shape index (κ1) is 20.0. The van der Waals surface area contributed by atoms with Crippen LogP contribution in [0.2, 0.25) is 0 Å². The van der Waals surface area contributed by atoms with Gasteiger partial charge in [-0.15, -0.1) is 0 Å². The lowest BCUT2D eigenvalue weighted by Crippen LogP contribution is -2.00. The Labute approximate surface area is 198 Å². The highest BCUT2D eigenvalue weighted by Crippen LogP contribution is 2.43. The van der Waals surface area contributed by atoms with Crippen LogP contribution in [0.15, 0.2) is 60.7 Å². The first-order valence-electron chi connectivity index (χ1n) is 11.7. The lowest BCUT2D eigenvalue weighted by Gasteiger charge is -2.11. The van der Waals surface area contributed by atoms with Gasteiger partial charge in [-0.1, -0.05) is 47.9 Å². The molecule has 4 heterocycles. The van der Waals surface area contributed by atoms with Crippen molar-refractivity contribution in [1.82, 2.24) is 0 Å². The van der Waals surface area contributed by atoms with Crippen molar-refractivity contribution in [3.05, 3.63) is 105 Å². The van der Waals surface area contributed by atoms with E-state index >= 15 is 0 Å². The molecule has 0 spiro atoms. The van der Waals surface area contributed by atoms with E-state index in [2.05, 4.69) is 84.3 Å². The molecule has 0 radical (unpaired) electrons. The molecular weight excluding hydrogens is 424 g/mol. The standard InChI is InChI=1S/C30H22O4/c1-7-21(25-15-31-25)8-2-19(1)5-11-23-13-14-24(30(28-18-34-28)29(23)27-17-33-27)12-6-20-3-9-22(10-4-20)26-16-32-26/h1-4,7-10,13-14,25-28H,15-18H2. The highest BCUT2D eigenvalue weighted by atomic mass is 16.6. The first-order chi connectivity index (χ1) is 16.8. The maximum atomic E-state index is 5.72. The molecule has 0 aliphatic carbocycles. The number of ether oxygens (including phenoxy) is 4. The molecule has 7 rings (SSSR count). The van der Waals surface area contributed by atoms with E-state index in [4.69, 9.17) is 18.9 Å². The third kappa shape index (κ3) is 4.26. The Kier molecular flexibility index (Phi) is 4.79. The molecule has 3 aromatic rings. The zero-order chi connectivity index (χ0) is 22.5. The Morgan fingerprint density at radius 3 is 1.12 bits per heavy atom. The molecule has 4 atom stereocenters. The van der Waals surface area contributed by atoms with Crippen molar-refractivity contribution >= 4 is 0 Å². The van der Waals surface area contributed by atoms with E-state index in [1.807, 2.05) is 0 Å². The first-order valence-corrected chi connectivity index (χ1v) is 11.7. The molecule has 0 aromatic heterocycles. The summed E-state index contributed by atoms with van der Waals surface area (Å²) in [6, 6.07) is 20.8. The maximum absolute atomic E-state index is 5.72. The van der Waals surface area contributed by atoms with E-state index in [1.165, 1.54) is 11.1 Å². The predicted molar refractivity (Wildman–Crippen MR) is 126 cm³/mol. The molecule has 0 amide bonds. The minimum atomic E-state index is 0.0671. The van der Waals surface area contributed by atoms with Gasteiger partial charge in [-0.2, -0.15) is 0 Å². The van der Waals surface area contributed by atoms with Crippen LogP contribution in [0.1, 0.15) is 68.9 Å². The van der Waals surface area contributed by atoms with E-state index in [0.717, 1.165) is 46.6 Å². The lowest BCUT2D eigenvalue weighted by molar-refractivity contribution is 0.399. The van der Waals surface area contributed by atoms with Crippen LogP contribution in [-0.2, 0) is 18.9 Å². The molecule has 0 saturated carbocycles. The predicted octanol–water partition coefficient (Wildman–Crippen LogP) is 4.77. The summed E-state index contributed by atoms with van der Waals surface area (Å²) in [6.45, 7) is 3.06. The fourth-order valence-electron chi connectivity index (χ4n) is 4.30. The summed E-state index contributed by atoms with van der Waals surface area (Å²) in [5, 5.41) is 0. The summed E-state index contributed by atoms with van der Waals surface area (Å²) < 4.78 is 22.1. The fraction of sp³-hybridized carbons (Fsp3) is 0.267. The molecule has 4 saturated heterocycles. The number of hydrogen-bond donors (Lipinski definition) is 0. The number of benzene rings is 3. The van der Waals surface area contributed by atoms with Crippen molar-refractivity contribution < 1.29 is 18.9 Å². The molecule has 4 nitrogen and oxygen atoms in total. The second kappa shape index (κ2) is 8.13. The van der Waals surface area contributed by atoms with Crippen molar-refractivity contribution in [3.63, 3.8) is 0 Å². The van der Waals surface area contributed by atoms with Crippen LogP contribution < -0.4 is 0 Å². The molecule has 0 N–H and O–H groups in total. The topological polar surface area (TPSA) is 50.1 Å². The Balaban J connectivity index is 1.21. The summed E-state index contributed by atoms with van der Waals surface area (Å²) in [6.07, 6.45) is 0.663. The third-order valence-corrected chi connectivity index (χ3v) is 6.51. The molecule has 4 unspecified atom stereocenters. The summed E-state index contributed by atoms with van der Waals surface area (Å²) in [7, 11) is 0. The Morgan fingerprint density at radius 1 is 0.441 bits per heavy atom. The van der Waals surface area contributed by atoms with Gasteiger partial charge in [0.05, 0.1) is 26.4 Å². The van der Waals surface area contributed by atoms with Crippen LogP contribution in [0, 0.1) is 23.7 Å². The Morgan fingerprint density at radius 2 is 0.794 bits per heavy atom. The third-order valence-electron chi connectivity index (χ3n) is 6.51. The van der Waals surface area contributed by atoms with E-state index in [-0.39, 0.29) is 24.4 Å². The molecule has 3 aromatic carbocycles. The van der Waals surface area contributed by atoms with Crippen molar-refractivity contribution in [1.29, 1.82) is 0 Å².